The first kappa shape index (κ1) is 18.2. The van der Waals surface area contributed by atoms with Crippen LogP contribution in [0.1, 0.15) is 24.6 Å². The average molecular weight is 344 g/mol. The molecule has 2 amide bonds. The molecule has 0 aliphatic carbocycles. The number of hydrogen-bond donors (Lipinski definition) is 2. The first-order valence-corrected chi connectivity index (χ1v) is 7.56. The molecule has 9 heteroatoms. The van der Waals surface area contributed by atoms with E-state index in [4.69, 9.17) is 5.73 Å². The monoisotopic (exact) mass is 344 g/mol. The van der Waals surface area contributed by atoms with E-state index in [2.05, 4.69) is 10.3 Å². The summed E-state index contributed by atoms with van der Waals surface area (Å²) in [5, 5.41) is 2.06. The van der Waals surface area contributed by atoms with Crippen LogP contribution in [0.2, 0.25) is 0 Å². The highest BCUT2D eigenvalue weighted by molar-refractivity contribution is 5.79. The maximum absolute atomic E-state index is 13.2. The summed E-state index contributed by atoms with van der Waals surface area (Å²) in [6.45, 7) is 0.982. The Morgan fingerprint density at radius 1 is 1.33 bits per heavy atom. The van der Waals surface area contributed by atoms with Crippen LogP contribution >= 0.6 is 0 Å². The summed E-state index contributed by atoms with van der Waals surface area (Å²) in [5.41, 5.74) is 4.86. The number of amides is 2. The van der Waals surface area contributed by atoms with Crippen molar-refractivity contribution in [2.45, 2.75) is 25.1 Å². The predicted octanol–water partition coefficient (Wildman–Crippen LogP) is 0.998. The van der Waals surface area contributed by atoms with Gasteiger partial charge >= 0.3 is 6.18 Å². The van der Waals surface area contributed by atoms with Gasteiger partial charge in [-0.25, -0.2) is 0 Å². The van der Waals surface area contributed by atoms with Gasteiger partial charge in [-0.3, -0.25) is 19.5 Å². The molecule has 0 spiro atoms. The van der Waals surface area contributed by atoms with Crippen molar-refractivity contribution in [2.75, 3.05) is 19.6 Å². The van der Waals surface area contributed by atoms with Crippen LogP contribution in [0.5, 0.6) is 0 Å². The number of rotatable bonds is 5. The van der Waals surface area contributed by atoms with Gasteiger partial charge in [0, 0.05) is 12.1 Å². The molecule has 0 radical (unpaired) electrons. The minimum Gasteiger partial charge on any atom is -0.369 e. The number of carbonyl (C=O) groups is 2. The number of hydrogen-bond acceptors (Lipinski definition) is 4. The van der Waals surface area contributed by atoms with Gasteiger partial charge in [0.1, 0.15) is 0 Å². The first-order chi connectivity index (χ1) is 11.3. The number of piperidine rings is 1. The van der Waals surface area contributed by atoms with Crippen molar-refractivity contribution in [2.24, 2.45) is 11.7 Å². The molecule has 1 aromatic heterocycles. The van der Waals surface area contributed by atoms with Crippen LogP contribution in [0.4, 0.5) is 13.2 Å². The van der Waals surface area contributed by atoms with Crippen LogP contribution in [0.3, 0.4) is 0 Å². The molecular formula is C15H19F3N4O2. The van der Waals surface area contributed by atoms with E-state index in [1.807, 2.05) is 0 Å². The summed E-state index contributed by atoms with van der Waals surface area (Å²) < 4.78 is 39.7. The van der Waals surface area contributed by atoms with Gasteiger partial charge in [-0.05, 0) is 38.1 Å². The van der Waals surface area contributed by atoms with Crippen molar-refractivity contribution in [1.29, 1.82) is 0 Å². The zero-order chi connectivity index (χ0) is 17.7. The zero-order valence-corrected chi connectivity index (χ0v) is 12.9. The quantitative estimate of drug-likeness (QED) is 0.834. The Morgan fingerprint density at radius 3 is 2.50 bits per heavy atom. The van der Waals surface area contributed by atoms with Crippen LogP contribution in [0, 0.1) is 5.92 Å². The van der Waals surface area contributed by atoms with Crippen LogP contribution in [0.25, 0.3) is 0 Å². The summed E-state index contributed by atoms with van der Waals surface area (Å²) in [7, 11) is 0. The Balaban J connectivity index is 1.98. The SMILES string of the molecule is NC(=O)CN1CCC(C(=O)N[C@H](c2ccccn2)C(F)(F)F)CC1. The maximum Gasteiger partial charge on any atom is 0.414 e. The molecule has 0 saturated carbocycles. The third-order valence-electron chi connectivity index (χ3n) is 3.94. The summed E-state index contributed by atoms with van der Waals surface area (Å²) in [4.78, 5) is 28.6. The second-order valence-electron chi connectivity index (χ2n) is 5.75. The fourth-order valence-electron chi connectivity index (χ4n) is 2.70. The topological polar surface area (TPSA) is 88.3 Å². The molecule has 1 aromatic rings. The van der Waals surface area contributed by atoms with Crippen LogP contribution in [-0.2, 0) is 9.59 Å². The normalized spacial score (nSPS) is 18.1. The van der Waals surface area contributed by atoms with E-state index in [9.17, 15) is 22.8 Å². The molecule has 1 aliphatic rings. The summed E-state index contributed by atoms with van der Waals surface area (Å²) in [5.74, 6) is -1.64. The number of alkyl halides is 3. The van der Waals surface area contributed by atoms with Crippen LogP contribution < -0.4 is 11.1 Å². The van der Waals surface area contributed by atoms with Crippen molar-refractivity contribution >= 4 is 11.8 Å². The van der Waals surface area contributed by atoms with Gasteiger partial charge in [0.25, 0.3) is 0 Å². The molecular weight excluding hydrogens is 325 g/mol. The lowest BCUT2D eigenvalue weighted by atomic mass is 9.95. The fourth-order valence-corrected chi connectivity index (χ4v) is 2.70. The van der Waals surface area contributed by atoms with Gasteiger partial charge in [-0.1, -0.05) is 6.07 Å². The summed E-state index contributed by atoms with van der Waals surface area (Å²) in [6.07, 6.45) is -2.61. The molecule has 6 nitrogen and oxygen atoms in total. The number of carbonyl (C=O) groups excluding carboxylic acids is 2. The van der Waals surface area contributed by atoms with E-state index in [0.717, 1.165) is 0 Å². The number of nitrogens with one attached hydrogen (secondary N) is 1. The fraction of sp³-hybridized carbons (Fsp3) is 0.533. The van der Waals surface area contributed by atoms with Gasteiger partial charge in [-0.15, -0.1) is 0 Å². The molecule has 1 fully saturated rings. The van der Waals surface area contributed by atoms with Gasteiger partial charge in [0.15, 0.2) is 6.04 Å². The predicted molar refractivity (Wildman–Crippen MR) is 79.5 cm³/mol. The largest absolute Gasteiger partial charge is 0.414 e. The zero-order valence-electron chi connectivity index (χ0n) is 12.9. The van der Waals surface area contributed by atoms with Crippen molar-refractivity contribution in [3.8, 4) is 0 Å². The lowest BCUT2D eigenvalue weighted by molar-refractivity contribution is -0.165. The Labute approximate surface area is 137 Å². The molecule has 1 saturated heterocycles. The number of halogens is 3. The summed E-state index contributed by atoms with van der Waals surface area (Å²) in [6, 6.07) is 2.05. The molecule has 24 heavy (non-hydrogen) atoms. The van der Waals surface area contributed by atoms with Crippen molar-refractivity contribution in [1.82, 2.24) is 15.2 Å². The van der Waals surface area contributed by atoms with Crippen LogP contribution in [0.15, 0.2) is 24.4 Å². The van der Waals surface area contributed by atoms with E-state index in [1.54, 1.807) is 4.90 Å². The molecule has 1 atom stereocenters. The molecule has 3 N–H and O–H groups in total. The Morgan fingerprint density at radius 2 is 2.00 bits per heavy atom. The molecule has 1 aliphatic heterocycles. The van der Waals surface area contributed by atoms with E-state index >= 15 is 0 Å². The van der Waals surface area contributed by atoms with E-state index in [-0.39, 0.29) is 12.2 Å². The van der Waals surface area contributed by atoms with Crippen LogP contribution in [-0.4, -0.2) is 47.5 Å². The number of aromatic nitrogens is 1. The first-order valence-electron chi connectivity index (χ1n) is 7.56. The highest BCUT2D eigenvalue weighted by Crippen LogP contribution is 2.32. The maximum atomic E-state index is 13.2. The minimum atomic E-state index is -4.63. The number of pyridine rings is 1. The Kier molecular flexibility index (Phi) is 5.76. The number of nitrogens with zero attached hydrogens (tertiary/aromatic N) is 2. The number of likely N-dealkylation sites (tertiary alicyclic amines) is 1. The average Bonchev–Trinajstić information content (AvgIpc) is 2.52. The Bertz CT molecular complexity index is 572. The number of primary amides is 1. The van der Waals surface area contributed by atoms with E-state index < -0.39 is 30.0 Å². The second kappa shape index (κ2) is 7.61. The van der Waals surface area contributed by atoms with Gasteiger partial charge < -0.3 is 11.1 Å². The smallest absolute Gasteiger partial charge is 0.369 e. The molecule has 0 aromatic carbocycles. The third kappa shape index (κ3) is 4.92. The lowest BCUT2D eigenvalue weighted by Crippen LogP contribution is -2.46. The lowest BCUT2D eigenvalue weighted by Gasteiger charge is -2.31. The minimum absolute atomic E-state index is 0.0907. The van der Waals surface area contributed by atoms with Gasteiger partial charge in [0.05, 0.1) is 12.2 Å². The highest BCUT2D eigenvalue weighted by atomic mass is 19.4. The van der Waals surface area contributed by atoms with E-state index in [0.29, 0.717) is 25.9 Å². The summed E-state index contributed by atoms with van der Waals surface area (Å²) >= 11 is 0. The van der Waals surface area contributed by atoms with Crippen molar-refractivity contribution in [3.63, 3.8) is 0 Å². The van der Waals surface area contributed by atoms with Crippen molar-refractivity contribution in [3.05, 3.63) is 30.1 Å². The van der Waals surface area contributed by atoms with Crippen molar-refractivity contribution < 1.29 is 22.8 Å². The molecule has 132 valence electrons. The van der Waals surface area contributed by atoms with Gasteiger partial charge in [0.2, 0.25) is 11.8 Å². The molecule has 2 rings (SSSR count). The molecule has 0 unspecified atom stereocenters. The highest BCUT2D eigenvalue weighted by Gasteiger charge is 2.43. The second-order valence-corrected chi connectivity index (χ2v) is 5.75. The standard InChI is InChI=1S/C15H19F3N4O2/c16-15(17,18)13(11-3-1-2-6-20-11)21-14(24)10-4-7-22(8-5-10)9-12(19)23/h1-3,6,10,13H,4-5,7-9H2,(H2,19,23)(H,21,24)/t13-/m1/s1. The van der Waals surface area contributed by atoms with Gasteiger partial charge in [-0.2, -0.15) is 13.2 Å². The van der Waals surface area contributed by atoms with E-state index in [1.165, 1.54) is 24.4 Å². The Hall–Kier alpha value is -2.16. The number of nitrogens with two attached hydrogens (primary N) is 1. The third-order valence-corrected chi connectivity index (χ3v) is 3.94. The molecule has 2 heterocycles. The molecule has 0 bridgehead atoms.